The zero-order valence-corrected chi connectivity index (χ0v) is 54.2. The molecule has 472 valence electrons. The fourth-order valence-corrected chi connectivity index (χ4v) is 9.53. The van der Waals surface area contributed by atoms with Crippen LogP contribution < -0.4 is 0 Å². The van der Waals surface area contributed by atoms with Gasteiger partial charge in [-0.15, -0.1) is 0 Å². The number of hydrogen-bond acceptors (Lipinski definition) is 6. The number of unbranched alkanes of at least 4 members (excludes halogenated alkanes) is 29. The molecule has 0 N–H and O–H groups in total. The number of esters is 3. The van der Waals surface area contributed by atoms with Gasteiger partial charge in [-0.3, -0.25) is 14.4 Å². The van der Waals surface area contributed by atoms with Gasteiger partial charge in [0.15, 0.2) is 6.10 Å². The molecule has 1 atom stereocenters. The lowest BCUT2D eigenvalue weighted by Crippen LogP contribution is -2.30. The van der Waals surface area contributed by atoms with Crippen LogP contribution in [0.5, 0.6) is 0 Å². The Morgan fingerprint density at radius 1 is 0.253 bits per heavy atom. The van der Waals surface area contributed by atoms with E-state index in [-0.39, 0.29) is 31.1 Å². The van der Waals surface area contributed by atoms with E-state index in [2.05, 4.69) is 154 Å². The second-order valence-electron chi connectivity index (χ2n) is 22.7. The van der Waals surface area contributed by atoms with Gasteiger partial charge in [-0.1, -0.05) is 315 Å². The van der Waals surface area contributed by atoms with Gasteiger partial charge in [0.1, 0.15) is 13.2 Å². The van der Waals surface area contributed by atoms with Crippen molar-refractivity contribution in [1.82, 2.24) is 0 Å². The number of carbonyl (C=O) groups excluding carboxylic acids is 3. The highest BCUT2D eigenvalue weighted by molar-refractivity contribution is 5.71. The summed E-state index contributed by atoms with van der Waals surface area (Å²) in [5.74, 6) is -0.887. The van der Waals surface area contributed by atoms with E-state index in [9.17, 15) is 14.4 Å². The zero-order chi connectivity index (χ0) is 59.9. The predicted octanol–water partition coefficient (Wildman–Crippen LogP) is 24.1. The molecule has 0 rings (SSSR count). The first-order valence-corrected chi connectivity index (χ1v) is 34.7. The SMILES string of the molecule is CC/C=C\C/C=C\C/C=C\C/C=C\C/C=C\C/C=C\C/C=C\CCCCCCCCCCCC(=O)OCC(COC(=O)CCCCCCCCC)OC(=O)CCCCCCCCCCCCCCCC/C=C\C/C=C\C/C=C\C/C=C\CC. The van der Waals surface area contributed by atoms with E-state index in [0.29, 0.717) is 19.3 Å². The fraction of sp³-hybridized carbons (Fsp3) is 0.675. The molecule has 6 nitrogen and oxygen atoms in total. The van der Waals surface area contributed by atoms with Gasteiger partial charge < -0.3 is 14.2 Å². The van der Waals surface area contributed by atoms with Gasteiger partial charge in [-0.25, -0.2) is 0 Å². The lowest BCUT2D eigenvalue weighted by atomic mass is 10.0. The summed E-state index contributed by atoms with van der Waals surface area (Å²) in [6.07, 6.45) is 99.3. The summed E-state index contributed by atoms with van der Waals surface area (Å²) in [5, 5.41) is 0. The fourth-order valence-electron chi connectivity index (χ4n) is 9.53. The molecular formula is C77H128O6. The molecule has 0 bridgehead atoms. The van der Waals surface area contributed by atoms with Crippen LogP contribution in [0.3, 0.4) is 0 Å². The second-order valence-corrected chi connectivity index (χ2v) is 22.7. The topological polar surface area (TPSA) is 78.9 Å². The Kier molecular flexibility index (Phi) is 66.3. The van der Waals surface area contributed by atoms with Crippen LogP contribution in [0.4, 0.5) is 0 Å². The van der Waals surface area contributed by atoms with Crippen molar-refractivity contribution in [3.8, 4) is 0 Å². The molecule has 0 heterocycles. The van der Waals surface area contributed by atoms with Gasteiger partial charge in [0, 0.05) is 19.3 Å². The normalized spacial score (nSPS) is 13.0. The largest absolute Gasteiger partial charge is 0.462 e. The Morgan fingerprint density at radius 3 is 0.735 bits per heavy atom. The van der Waals surface area contributed by atoms with Crippen molar-refractivity contribution >= 4 is 17.9 Å². The molecule has 0 spiro atoms. The number of carbonyl (C=O) groups is 3. The average Bonchev–Trinajstić information content (AvgIpc) is 3.50. The molecule has 83 heavy (non-hydrogen) atoms. The van der Waals surface area contributed by atoms with Crippen molar-refractivity contribution in [3.05, 3.63) is 134 Å². The predicted molar refractivity (Wildman–Crippen MR) is 362 cm³/mol. The summed E-state index contributed by atoms with van der Waals surface area (Å²) < 4.78 is 16.9. The van der Waals surface area contributed by atoms with E-state index >= 15 is 0 Å². The van der Waals surface area contributed by atoms with Crippen molar-refractivity contribution in [2.75, 3.05) is 13.2 Å². The van der Waals surface area contributed by atoms with E-state index < -0.39 is 6.10 Å². The lowest BCUT2D eigenvalue weighted by molar-refractivity contribution is -0.167. The van der Waals surface area contributed by atoms with Crippen LogP contribution in [-0.2, 0) is 28.6 Å². The molecule has 0 aliphatic heterocycles. The molecule has 0 aromatic carbocycles. The van der Waals surface area contributed by atoms with E-state index in [4.69, 9.17) is 14.2 Å². The van der Waals surface area contributed by atoms with Gasteiger partial charge in [0.25, 0.3) is 0 Å². The molecule has 0 saturated heterocycles. The van der Waals surface area contributed by atoms with Crippen molar-refractivity contribution in [2.45, 2.75) is 322 Å². The summed E-state index contributed by atoms with van der Waals surface area (Å²) in [6.45, 7) is 6.39. The van der Waals surface area contributed by atoms with E-state index in [1.165, 1.54) is 141 Å². The highest BCUT2D eigenvalue weighted by Crippen LogP contribution is 2.17. The molecule has 0 radical (unpaired) electrons. The Bertz CT molecular complexity index is 1750. The first-order chi connectivity index (χ1) is 41.0. The van der Waals surface area contributed by atoms with Gasteiger partial charge in [0.2, 0.25) is 0 Å². The Balaban J connectivity index is 4.12. The number of allylic oxidation sites excluding steroid dienone is 22. The van der Waals surface area contributed by atoms with Gasteiger partial charge in [-0.2, -0.15) is 0 Å². The summed E-state index contributed by atoms with van der Waals surface area (Å²) >= 11 is 0. The molecule has 0 aromatic rings. The average molecular weight is 1150 g/mol. The minimum Gasteiger partial charge on any atom is -0.462 e. The van der Waals surface area contributed by atoms with Crippen LogP contribution in [0.1, 0.15) is 316 Å². The smallest absolute Gasteiger partial charge is 0.306 e. The van der Waals surface area contributed by atoms with Crippen LogP contribution >= 0.6 is 0 Å². The third kappa shape index (κ3) is 68.2. The van der Waals surface area contributed by atoms with Crippen LogP contribution in [-0.4, -0.2) is 37.2 Å². The Morgan fingerprint density at radius 2 is 0.470 bits per heavy atom. The molecule has 1 unspecified atom stereocenters. The van der Waals surface area contributed by atoms with E-state index in [1.807, 2.05) is 0 Å². The second kappa shape index (κ2) is 70.0. The Labute approximate surface area is 513 Å². The van der Waals surface area contributed by atoms with Crippen LogP contribution in [0.15, 0.2) is 134 Å². The van der Waals surface area contributed by atoms with Crippen molar-refractivity contribution in [3.63, 3.8) is 0 Å². The first kappa shape index (κ1) is 78.5. The van der Waals surface area contributed by atoms with Crippen LogP contribution in [0.2, 0.25) is 0 Å². The number of hydrogen-bond donors (Lipinski definition) is 0. The molecule has 0 aromatic heterocycles. The summed E-state index contributed by atoms with van der Waals surface area (Å²) in [7, 11) is 0. The van der Waals surface area contributed by atoms with Gasteiger partial charge in [-0.05, 0) is 116 Å². The van der Waals surface area contributed by atoms with Crippen molar-refractivity contribution in [2.24, 2.45) is 0 Å². The lowest BCUT2D eigenvalue weighted by Gasteiger charge is -2.18. The maximum atomic E-state index is 12.9. The third-order valence-electron chi connectivity index (χ3n) is 14.7. The van der Waals surface area contributed by atoms with Crippen molar-refractivity contribution < 1.29 is 28.6 Å². The Hall–Kier alpha value is -4.45. The molecule has 0 aliphatic carbocycles. The minimum atomic E-state index is -0.782. The maximum Gasteiger partial charge on any atom is 0.306 e. The monoisotopic (exact) mass is 1150 g/mol. The maximum absolute atomic E-state index is 12.9. The van der Waals surface area contributed by atoms with E-state index in [0.717, 1.165) is 135 Å². The first-order valence-electron chi connectivity index (χ1n) is 34.7. The molecule has 0 saturated carbocycles. The van der Waals surface area contributed by atoms with Crippen LogP contribution in [0, 0.1) is 0 Å². The summed E-state index contributed by atoms with van der Waals surface area (Å²) in [4.78, 5) is 38.2. The molecule has 0 amide bonds. The van der Waals surface area contributed by atoms with E-state index in [1.54, 1.807) is 0 Å². The third-order valence-corrected chi connectivity index (χ3v) is 14.7. The highest BCUT2D eigenvalue weighted by Gasteiger charge is 2.19. The van der Waals surface area contributed by atoms with Gasteiger partial charge >= 0.3 is 17.9 Å². The molecule has 0 fully saturated rings. The van der Waals surface area contributed by atoms with Gasteiger partial charge in [0.05, 0.1) is 0 Å². The van der Waals surface area contributed by atoms with Crippen molar-refractivity contribution in [1.29, 1.82) is 0 Å². The minimum absolute atomic E-state index is 0.0800. The van der Waals surface area contributed by atoms with Crippen LogP contribution in [0.25, 0.3) is 0 Å². The number of ether oxygens (including phenoxy) is 3. The zero-order valence-electron chi connectivity index (χ0n) is 54.2. The summed E-state index contributed by atoms with van der Waals surface area (Å²) in [6, 6.07) is 0. The quantitative estimate of drug-likeness (QED) is 0.0261. The summed E-state index contributed by atoms with van der Waals surface area (Å²) in [5.41, 5.74) is 0. The molecule has 0 aliphatic rings. The standard InChI is InChI=1S/C77H128O6/c1-4-7-10-13-16-18-20-22-24-26-28-30-32-34-36-37-38-39-41-42-44-46-48-50-52-54-56-58-61-64-67-70-76(79)82-73-74(72-81-75(78)69-66-63-60-15-12-9-6-3)83-77(80)71-68-65-62-59-57-55-53-51-49-47-45-43-40-35-33-31-29-27-25-23-21-19-17-14-11-8-5-2/h7-8,10-11,16-19,22-25,28-31,34,36,38-39,42,44,74H,4-6,9,12-15,20-21,26-27,32-33,35,37,40-41,43,45-73H2,1-3H3/b10-7-,11-8-,18-16-,19-17-,24-22-,25-23-,30-28-,31-29-,36-34-,39-38-,44-42-. The highest BCUT2D eigenvalue weighted by atomic mass is 16.6. The number of rotatable bonds is 62. The molecule has 6 heteroatoms. The molecular weight excluding hydrogens is 1020 g/mol.